The summed E-state index contributed by atoms with van der Waals surface area (Å²) in [5, 5.41) is 9.11. The third kappa shape index (κ3) is 1.84. The van der Waals surface area contributed by atoms with Crippen molar-refractivity contribution in [1.29, 1.82) is 0 Å². The fourth-order valence-corrected chi connectivity index (χ4v) is 2.19. The Hall–Kier alpha value is -2.03. The highest BCUT2D eigenvalue weighted by atomic mass is 16.4. The van der Waals surface area contributed by atoms with Crippen LogP contribution in [0.3, 0.4) is 0 Å². The molecule has 0 saturated heterocycles. The zero-order valence-corrected chi connectivity index (χ0v) is 10.2. The Labute approximate surface area is 100 Å². The lowest BCUT2D eigenvalue weighted by Crippen LogP contribution is -1.96. The monoisotopic (exact) mass is 229 g/mol. The van der Waals surface area contributed by atoms with E-state index in [9.17, 15) is 4.79 Å². The van der Waals surface area contributed by atoms with Gasteiger partial charge in [0.1, 0.15) is 0 Å². The summed E-state index contributed by atoms with van der Waals surface area (Å²) in [6, 6.07) is 8.00. The molecule has 88 valence electrons. The van der Waals surface area contributed by atoms with Crippen LogP contribution < -0.4 is 0 Å². The zero-order chi connectivity index (χ0) is 12.6. The maximum atomic E-state index is 11.1. The Kier molecular flexibility index (Phi) is 2.76. The van der Waals surface area contributed by atoms with Crippen molar-refractivity contribution in [1.82, 2.24) is 4.57 Å². The van der Waals surface area contributed by atoms with Crippen molar-refractivity contribution >= 4 is 5.97 Å². The van der Waals surface area contributed by atoms with Gasteiger partial charge in [-0.2, -0.15) is 0 Å². The standard InChI is InChI=1S/C14H15NO2/c1-9-6-4-5-7-11(9)13-10(2)12(14(16)17)8-15(13)3/h4-8H,1-3H3,(H,16,17). The number of nitrogens with zero attached hydrogens (tertiary/aromatic N) is 1. The average molecular weight is 229 g/mol. The first kappa shape index (κ1) is 11.5. The van der Waals surface area contributed by atoms with E-state index >= 15 is 0 Å². The minimum atomic E-state index is -0.877. The van der Waals surface area contributed by atoms with Crippen LogP contribution in [-0.4, -0.2) is 15.6 Å². The summed E-state index contributed by atoms with van der Waals surface area (Å²) in [5.74, 6) is -0.877. The number of hydrogen-bond donors (Lipinski definition) is 1. The van der Waals surface area contributed by atoms with Crippen LogP contribution in [0.25, 0.3) is 11.3 Å². The van der Waals surface area contributed by atoms with Crippen molar-refractivity contribution in [2.24, 2.45) is 7.05 Å². The van der Waals surface area contributed by atoms with E-state index in [1.54, 1.807) is 6.20 Å². The number of aromatic nitrogens is 1. The van der Waals surface area contributed by atoms with Crippen LogP contribution in [0.1, 0.15) is 21.5 Å². The predicted octanol–water partition coefficient (Wildman–Crippen LogP) is 3.01. The molecular formula is C14H15NO2. The molecule has 0 unspecified atom stereocenters. The van der Waals surface area contributed by atoms with Crippen molar-refractivity contribution in [2.75, 3.05) is 0 Å². The first-order valence-electron chi connectivity index (χ1n) is 5.47. The van der Waals surface area contributed by atoms with Gasteiger partial charge in [-0.3, -0.25) is 0 Å². The fraction of sp³-hybridized carbons (Fsp3) is 0.214. The topological polar surface area (TPSA) is 42.2 Å². The second-order valence-corrected chi connectivity index (χ2v) is 4.25. The van der Waals surface area contributed by atoms with E-state index in [-0.39, 0.29) is 0 Å². The molecule has 3 nitrogen and oxygen atoms in total. The Morgan fingerprint density at radius 3 is 2.41 bits per heavy atom. The number of benzene rings is 1. The summed E-state index contributed by atoms with van der Waals surface area (Å²) in [4.78, 5) is 11.1. The van der Waals surface area contributed by atoms with E-state index in [1.165, 1.54) is 0 Å². The summed E-state index contributed by atoms with van der Waals surface area (Å²) < 4.78 is 1.88. The van der Waals surface area contributed by atoms with Crippen molar-refractivity contribution in [2.45, 2.75) is 13.8 Å². The van der Waals surface area contributed by atoms with E-state index in [4.69, 9.17) is 5.11 Å². The van der Waals surface area contributed by atoms with Crippen LogP contribution in [0.2, 0.25) is 0 Å². The molecule has 1 heterocycles. The molecule has 1 aromatic heterocycles. The smallest absolute Gasteiger partial charge is 0.337 e. The molecule has 1 N–H and O–H groups in total. The highest BCUT2D eigenvalue weighted by Crippen LogP contribution is 2.29. The number of aryl methyl sites for hydroxylation is 2. The molecule has 0 atom stereocenters. The van der Waals surface area contributed by atoms with Crippen molar-refractivity contribution in [3.05, 3.63) is 47.2 Å². The van der Waals surface area contributed by atoms with E-state index in [0.717, 1.165) is 22.4 Å². The van der Waals surface area contributed by atoms with Crippen LogP contribution in [0, 0.1) is 13.8 Å². The molecule has 0 saturated carbocycles. The predicted molar refractivity (Wildman–Crippen MR) is 67.3 cm³/mol. The summed E-state index contributed by atoms with van der Waals surface area (Å²) in [6.07, 6.45) is 1.67. The van der Waals surface area contributed by atoms with E-state index in [2.05, 4.69) is 0 Å². The van der Waals surface area contributed by atoms with Gasteiger partial charge in [0.25, 0.3) is 0 Å². The van der Waals surface area contributed by atoms with Gasteiger partial charge in [0.2, 0.25) is 0 Å². The van der Waals surface area contributed by atoms with Crippen molar-refractivity contribution in [3.8, 4) is 11.3 Å². The molecule has 2 rings (SSSR count). The van der Waals surface area contributed by atoms with E-state index < -0.39 is 5.97 Å². The number of aromatic carboxylic acids is 1. The number of carboxylic acid groups (broad SMARTS) is 1. The van der Waals surface area contributed by atoms with Gasteiger partial charge in [-0.1, -0.05) is 24.3 Å². The highest BCUT2D eigenvalue weighted by Gasteiger charge is 2.17. The molecule has 17 heavy (non-hydrogen) atoms. The first-order valence-corrected chi connectivity index (χ1v) is 5.47. The normalized spacial score (nSPS) is 10.5. The van der Waals surface area contributed by atoms with Gasteiger partial charge < -0.3 is 9.67 Å². The van der Waals surface area contributed by atoms with Crippen molar-refractivity contribution < 1.29 is 9.90 Å². The van der Waals surface area contributed by atoms with Crippen LogP contribution >= 0.6 is 0 Å². The molecule has 1 aromatic carbocycles. The van der Waals surface area contributed by atoms with Crippen LogP contribution in [-0.2, 0) is 7.05 Å². The summed E-state index contributed by atoms with van der Waals surface area (Å²) >= 11 is 0. The third-order valence-corrected chi connectivity index (χ3v) is 3.07. The Bertz CT molecular complexity index is 582. The summed E-state index contributed by atoms with van der Waals surface area (Å²) in [5.41, 5.74) is 4.38. The molecule has 0 bridgehead atoms. The number of rotatable bonds is 2. The zero-order valence-electron chi connectivity index (χ0n) is 10.2. The lowest BCUT2D eigenvalue weighted by atomic mass is 10.0. The molecule has 0 aliphatic heterocycles. The second-order valence-electron chi connectivity index (χ2n) is 4.25. The quantitative estimate of drug-likeness (QED) is 0.860. The second kappa shape index (κ2) is 4.09. The Morgan fingerprint density at radius 1 is 1.24 bits per heavy atom. The van der Waals surface area contributed by atoms with Gasteiger partial charge in [-0.25, -0.2) is 4.79 Å². The largest absolute Gasteiger partial charge is 0.478 e. The van der Waals surface area contributed by atoms with Crippen LogP contribution in [0.4, 0.5) is 0 Å². The molecule has 0 amide bonds. The molecule has 2 aromatic rings. The molecule has 0 fully saturated rings. The van der Waals surface area contributed by atoms with Gasteiger partial charge in [0.15, 0.2) is 0 Å². The third-order valence-electron chi connectivity index (χ3n) is 3.07. The van der Waals surface area contributed by atoms with Gasteiger partial charge >= 0.3 is 5.97 Å². The van der Waals surface area contributed by atoms with Gasteiger partial charge in [0.05, 0.1) is 11.3 Å². The minimum absolute atomic E-state index is 0.366. The highest BCUT2D eigenvalue weighted by molar-refractivity contribution is 5.92. The molecular weight excluding hydrogens is 214 g/mol. The number of carboxylic acids is 1. The molecule has 3 heteroatoms. The maximum Gasteiger partial charge on any atom is 0.337 e. The SMILES string of the molecule is Cc1ccccc1-c1c(C)c(C(=O)O)cn1C. The lowest BCUT2D eigenvalue weighted by Gasteiger charge is -2.08. The van der Waals surface area contributed by atoms with Crippen LogP contribution in [0.15, 0.2) is 30.5 Å². The number of carbonyl (C=O) groups is 1. The average Bonchev–Trinajstić information content (AvgIpc) is 2.56. The van der Waals surface area contributed by atoms with E-state index in [0.29, 0.717) is 5.56 Å². The molecule has 0 aliphatic rings. The van der Waals surface area contributed by atoms with E-state index in [1.807, 2.05) is 49.7 Å². The fourth-order valence-electron chi connectivity index (χ4n) is 2.19. The summed E-state index contributed by atoms with van der Waals surface area (Å²) in [6.45, 7) is 3.88. The van der Waals surface area contributed by atoms with Gasteiger partial charge in [-0.15, -0.1) is 0 Å². The van der Waals surface area contributed by atoms with Crippen molar-refractivity contribution in [3.63, 3.8) is 0 Å². The lowest BCUT2D eigenvalue weighted by molar-refractivity contribution is 0.0696. The Morgan fingerprint density at radius 2 is 1.88 bits per heavy atom. The maximum absolute atomic E-state index is 11.1. The minimum Gasteiger partial charge on any atom is -0.478 e. The summed E-state index contributed by atoms with van der Waals surface area (Å²) in [7, 11) is 1.88. The van der Waals surface area contributed by atoms with Gasteiger partial charge in [-0.05, 0) is 25.0 Å². The Balaban J connectivity index is 2.69. The van der Waals surface area contributed by atoms with Gasteiger partial charge in [0, 0.05) is 18.8 Å². The number of hydrogen-bond acceptors (Lipinski definition) is 1. The first-order chi connectivity index (χ1) is 8.02. The molecule has 0 radical (unpaired) electrons. The van der Waals surface area contributed by atoms with Crippen LogP contribution in [0.5, 0.6) is 0 Å². The molecule has 0 aliphatic carbocycles. The molecule has 0 spiro atoms.